The van der Waals surface area contributed by atoms with Crippen LogP contribution in [0.2, 0.25) is 0 Å². The van der Waals surface area contributed by atoms with Crippen molar-refractivity contribution >= 4 is 5.91 Å². The Bertz CT molecular complexity index is 289. The predicted octanol–water partition coefficient (Wildman–Crippen LogP) is 0.0924. The summed E-state index contributed by atoms with van der Waals surface area (Å²) < 4.78 is 0. The molecule has 15 heavy (non-hydrogen) atoms. The highest BCUT2D eigenvalue weighted by molar-refractivity contribution is 5.75. The maximum atomic E-state index is 11.1. The lowest BCUT2D eigenvalue weighted by molar-refractivity contribution is -0.120. The number of hydrogen-bond donors (Lipinski definition) is 2. The van der Waals surface area contributed by atoms with Gasteiger partial charge in [0, 0.05) is 32.3 Å². The van der Waals surface area contributed by atoms with Gasteiger partial charge in [-0.05, 0) is 13.0 Å². The normalized spacial score (nSPS) is 9.93. The summed E-state index contributed by atoms with van der Waals surface area (Å²) in [5.41, 5.74) is 0.931. The summed E-state index contributed by atoms with van der Waals surface area (Å²) >= 11 is 0. The topological polar surface area (TPSA) is 66.9 Å². The van der Waals surface area contributed by atoms with Crippen LogP contribution in [-0.4, -0.2) is 29.0 Å². The molecule has 1 aromatic heterocycles. The third kappa shape index (κ3) is 5.07. The van der Waals surface area contributed by atoms with E-state index >= 15 is 0 Å². The molecule has 1 amide bonds. The van der Waals surface area contributed by atoms with Crippen LogP contribution in [-0.2, 0) is 11.3 Å². The largest absolute Gasteiger partial charge is 0.356 e. The van der Waals surface area contributed by atoms with Crippen LogP contribution in [0.5, 0.6) is 0 Å². The van der Waals surface area contributed by atoms with Gasteiger partial charge in [0.2, 0.25) is 5.91 Å². The quantitative estimate of drug-likeness (QED) is 0.650. The zero-order chi connectivity index (χ0) is 10.9. The maximum absolute atomic E-state index is 11.1. The lowest BCUT2D eigenvalue weighted by Crippen LogP contribution is -2.27. The Labute approximate surface area is 89.3 Å². The summed E-state index contributed by atoms with van der Waals surface area (Å²) in [6, 6.07) is 1.85. The molecule has 0 aromatic carbocycles. The van der Waals surface area contributed by atoms with Gasteiger partial charge in [-0.2, -0.15) is 0 Å². The van der Waals surface area contributed by atoms with Crippen LogP contribution in [0, 0.1) is 0 Å². The standard InChI is InChI=1S/C10H16N4O/c1-2-13-10(15)4-6-11-7-9-3-5-12-8-14-9/h3,5,8,11H,2,4,6-7H2,1H3,(H,13,15). The van der Waals surface area contributed by atoms with Gasteiger partial charge in [0.15, 0.2) is 0 Å². The smallest absolute Gasteiger partial charge is 0.221 e. The molecular weight excluding hydrogens is 192 g/mol. The van der Waals surface area contributed by atoms with Crippen molar-refractivity contribution in [2.75, 3.05) is 13.1 Å². The van der Waals surface area contributed by atoms with Gasteiger partial charge >= 0.3 is 0 Å². The molecule has 0 radical (unpaired) electrons. The first kappa shape index (κ1) is 11.6. The Balaban J connectivity index is 2.10. The Kier molecular flexibility index (Phi) is 5.32. The maximum Gasteiger partial charge on any atom is 0.221 e. The summed E-state index contributed by atoms with van der Waals surface area (Å²) in [4.78, 5) is 19.0. The predicted molar refractivity (Wildman–Crippen MR) is 57.0 cm³/mol. The second-order valence-corrected chi connectivity index (χ2v) is 3.08. The van der Waals surface area contributed by atoms with Gasteiger partial charge in [-0.25, -0.2) is 9.97 Å². The van der Waals surface area contributed by atoms with E-state index in [0.717, 1.165) is 5.69 Å². The monoisotopic (exact) mass is 208 g/mol. The molecular formula is C10H16N4O. The van der Waals surface area contributed by atoms with E-state index in [2.05, 4.69) is 20.6 Å². The number of nitrogens with zero attached hydrogens (tertiary/aromatic N) is 2. The number of nitrogens with one attached hydrogen (secondary N) is 2. The van der Waals surface area contributed by atoms with E-state index in [1.54, 1.807) is 6.20 Å². The number of carbonyl (C=O) groups is 1. The van der Waals surface area contributed by atoms with Crippen molar-refractivity contribution < 1.29 is 4.79 Å². The van der Waals surface area contributed by atoms with E-state index in [1.165, 1.54) is 6.33 Å². The zero-order valence-electron chi connectivity index (χ0n) is 8.86. The molecule has 0 atom stereocenters. The molecule has 0 aliphatic heterocycles. The molecule has 0 spiro atoms. The Hall–Kier alpha value is -1.49. The Morgan fingerprint density at radius 1 is 1.53 bits per heavy atom. The van der Waals surface area contributed by atoms with Crippen LogP contribution in [0.1, 0.15) is 19.0 Å². The molecule has 5 nitrogen and oxygen atoms in total. The highest BCUT2D eigenvalue weighted by Crippen LogP contribution is 1.89. The lowest BCUT2D eigenvalue weighted by Gasteiger charge is -2.04. The molecule has 1 rings (SSSR count). The summed E-state index contributed by atoms with van der Waals surface area (Å²) in [5.74, 6) is 0.0766. The summed E-state index contributed by atoms with van der Waals surface area (Å²) in [7, 11) is 0. The van der Waals surface area contributed by atoms with Gasteiger partial charge in [0.1, 0.15) is 6.33 Å². The van der Waals surface area contributed by atoms with Gasteiger partial charge in [-0.15, -0.1) is 0 Å². The highest BCUT2D eigenvalue weighted by Gasteiger charge is 1.98. The fourth-order valence-corrected chi connectivity index (χ4v) is 1.13. The molecule has 5 heteroatoms. The van der Waals surface area contributed by atoms with Gasteiger partial charge in [-0.3, -0.25) is 4.79 Å². The summed E-state index contributed by atoms with van der Waals surface area (Å²) in [5, 5.41) is 5.88. The highest BCUT2D eigenvalue weighted by atomic mass is 16.1. The second-order valence-electron chi connectivity index (χ2n) is 3.08. The van der Waals surface area contributed by atoms with E-state index in [9.17, 15) is 4.79 Å². The van der Waals surface area contributed by atoms with E-state index in [-0.39, 0.29) is 5.91 Å². The van der Waals surface area contributed by atoms with Crippen molar-refractivity contribution in [3.05, 3.63) is 24.3 Å². The lowest BCUT2D eigenvalue weighted by atomic mass is 10.3. The first-order valence-corrected chi connectivity index (χ1v) is 5.05. The van der Waals surface area contributed by atoms with Gasteiger partial charge in [0.05, 0.1) is 5.69 Å². The molecule has 0 saturated heterocycles. The number of carbonyl (C=O) groups excluding carboxylic acids is 1. The van der Waals surface area contributed by atoms with Crippen molar-refractivity contribution in [2.45, 2.75) is 19.9 Å². The average molecular weight is 208 g/mol. The molecule has 0 unspecified atom stereocenters. The zero-order valence-corrected chi connectivity index (χ0v) is 8.86. The van der Waals surface area contributed by atoms with Crippen molar-refractivity contribution in [3.63, 3.8) is 0 Å². The summed E-state index contributed by atoms with van der Waals surface area (Å²) in [6.45, 7) is 3.93. The minimum atomic E-state index is 0.0766. The van der Waals surface area contributed by atoms with E-state index in [1.807, 2.05) is 13.0 Å². The molecule has 2 N–H and O–H groups in total. The molecule has 0 aliphatic carbocycles. The number of aromatic nitrogens is 2. The minimum Gasteiger partial charge on any atom is -0.356 e. The van der Waals surface area contributed by atoms with E-state index in [0.29, 0.717) is 26.1 Å². The number of hydrogen-bond acceptors (Lipinski definition) is 4. The molecule has 0 saturated carbocycles. The van der Waals surface area contributed by atoms with E-state index < -0.39 is 0 Å². The van der Waals surface area contributed by atoms with Gasteiger partial charge in [-0.1, -0.05) is 0 Å². The van der Waals surface area contributed by atoms with Gasteiger partial charge < -0.3 is 10.6 Å². The molecule has 82 valence electrons. The SMILES string of the molecule is CCNC(=O)CCNCc1ccncn1. The average Bonchev–Trinajstić information content (AvgIpc) is 2.26. The van der Waals surface area contributed by atoms with Gasteiger partial charge in [0.25, 0.3) is 0 Å². The van der Waals surface area contributed by atoms with Crippen molar-refractivity contribution in [2.24, 2.45) is 0 Å². The Morgan fingerprint density at radius 3 is 3.07 bits per heavy atom. The first-order valence-electron chi connectivity index (χ1n) is 5.05. The van der Waals surface area contributed by atoms with Crippen LogP contribution >= 0.6 is 0 Å². The van der Waals surface area contributed by atoms with E-state index in [4.69, 9.17) is 0 Å². The fourth-order valence-electron chi connectivity index (χ4n) is 1.13. The fraction of sp³-hybridized carbons (Fsp3) is 0.500. The number of rotatable bonds is 6. The molecule has 0 fully saturated rings. The van der Waals surface area contributed by atoms with Crippen molar-refractivity contribution in [1.82, 2.24) is 20.6 Å². The van der Waals surface area contributed by atoms with Crippen LogP contribution in [0.15, 0.2) is 18.6 Å². The second kappa shape index (κ2) is 6.89. The molecule has 0 bridgehead atoms. The van der Waals surface area contributed by atoms with Crippen LogP contribution in [0.25, 0.3) is 0 Å². The van der Waals surface area contributed by atoms with Crippen LogP contribution in [0.4, 0.5) is 0 Å². The summed E-state index contributed by atoms with van der Waals surface area (Å²) in [6.07, 6.45) is 3.72. The molecule has 1 heterocycles. The molecule has 1 aromatic rings. The minimum absolute atomic E-state index is 0.0766. The first-order chi connectivity index (χ1) is 7.33. The van der Waals surface area contributed by atoms with Crippen molar-refractivity contribution in [1.29, 1.82) is 0 Å². The third-order valence-corrected chi connectivity index (χ3v) is 1.85. The van der Waals surface area contributed by atoms with Crippen molar-refractivity contribution in [3.8, 4) is 0 Å². The number of amides is 1. The third-order valence-electron chi connectivity index (χ3n) is 1.85. The Morgan fingerprint density at radius 2 is 2.40 bits per heavy atom. The van der Waals surface area contributed by atoms with Crippen LogP contribution in [0.3, 0.4) is 0 Å². The van der Waals surface area contributed by atoms with Crippen LogP contribution < -0.4 is 10.6 Å². The molecule has 0 aliphatic rings.